The van der Waals surface area contributed by atoms with E-state index >= 15 is 0 Å². The van der Waals surface area contributed by atoms with E-state index in [2.05, 4.69) is 37.2 Å². The maximum Gasteiger partial charge on any atom is 0.261 e. The number of aryl methyl sites for hydroxylation is 2. The van der Waals surface area contributed by atoms with Crippen LogP contribution >= 0.6 is 31.9 Å². The van der Waals surface area contributed by atoms with E-state index in [1.165, 1.54) is 4.90 Å². The average Bonchev–Trinajstić information content (AvgIpc) is 2.68. The Labute approximate surface area is 182 Å². The minimum Gasteiger partial charge on any atom is -0.484 e. The van der Waals surface area contributed by atoms with Gasteiger partial charge < -0.3 is 15.0 Å². The molecule has 7 heteroatoms. The van der Waals surface area contributed by atoms with E-state index < -0.39 is 6.04 Å². The third-order valence-electron chi connectivity index (χ3n) is 4.45. The molecule has 5 nitrogen and oxygen atoms in total. The Bertz CT molecular complexity index is 830. The average molecular weight is 512 g/mol. The van der Waals surface area contributed by atoms with Crippen LogP contribution in [-0.4, -0.2) is 36.4 Å². The molecule has 0 heterocycles. The van der Waals surface area contributed by atoms with Crippen molar-refractivity contribution >= 4 is 43.7 Å². The maximum absolute atomic E-state index is 12.9. The smallest absolute Gasteiger partial charge is 0.261 e. The lowest BCUT2D eigenvalue weighted by molar-refractivity contribution is -0.142. The Balaban J connectivity index is 2.16. The molecular formula is C21H24Br2N2O3. The Morgan fingerprint density at radius 1 is 1.11 bits per heavy atom. The maximum atomic E-state index is 12.9. The van der Waals surface area contributed by atoms with E-state index in [9.17, 15) is 9.59 Å². The molecule has 2 aromatic carbocycles. The van der Waals surface area contributed by atoms with E-state index in [1.807, 2.05) is 50.2 Å². The van der Waals surface area contributed by atoms with Crippen LogP contribution < -0.4 is 10.1 Å². The van der Waals surface area contributed by atoms with Gasteiger partial charge in [-0.05, 0) is 61.7 Å². The number of carbonyl (C=O) groups is 2. The summed E-state index contributed by atoms with van der Waals surface area (Å²) >= 11 is 6.93. The Kier molecular flexibility index (Phi) is 8.07. The Hall–Kier alpha value is -1.86. The van der Waals surface area contributed by atoms with Gasteiger partial charge in [-0.3, -0.25) is 9.59 Å². The third kappa shape index (κ3) is 5.82. The normalized spacial score (nSPS) is 11.6. The lowest BCUT2D eigenvalue weighted by atomic mass is 10.1. The first-order valence-corrected chi connectivity index (χ1v) is 10.5. The standard InChI is InChI=1S/C21H24Br2N2O3/c1-13-9-18(10-14(2)20(13)23)28-12-19(26)25(15(3)21(27)24-4)11-16-5-7-17(22)8-6-16/h5-10,15H,11-12H2,1-4H3,(H,24,27). The number of rotatable bonds is 7. The first-order chi connectivity index (χ1) is 13.2. The molecule has 1 atom stereocenters. The fourth-order valence-corrected chi connectivity index (χ4v) is 3.29. The van der Waals surface area contributed by atoms with Crippen molar-refractivity contribution in [1.29, 1.82) is 0 Å². The second-order valence-electron chi connectivity index (χ2n) is 6.60. The highest BCUT2D eigenvalue weighted by molar-refractivity contribution is 9.10. The Morgan fingerprint density at radius 2 is 1.68 bits per heavy atom. The van der Waals surface area contributed by atoms with Gasteiger partial charge >= 0.3 is 0 Å². The molecule has 0 aliphatic carbocycles. The van der Waals surface area contributed by atoms with Crippen LogP contribution in [0.15, 0.2) is 45.3 Å². The van der Waals surface area contributed by atoms with Crippen molar-refractivity contribution in [2.24, 2.45) is 0 Å². The summed E-state index contributed by atoms with van der Waals surface area (Å²) in [6.45, 7) is 5.84. The Morgan fingerprint density at radius 3 is 2.21 bits per heavy atom. The molecule has 1 N–H and O–H groups in total. The van der Waals surface area contributed by atoms with Gasteiger partial charge in [-0.25, -0.2) is 0 Å². The number of nitrogens with zero attached hydrogens (tertiary/aromatic N) is 1. The number of likely N-dealkylation sites (N-methyl/N-ethyl adjacent to an activating group) is 1. The van der Waals surface area contributed by atoms with Crippen LogP contribution in [0.25, 0.3) is 0 Å². The highest BCUT2D eigenvalue weighted by Crippen LogP contribution is 2.26. The second-order valence-corrected chi connectivity index (χ2v) is 8.31. The lowest BCUT2D eigenvalue weighted by Gasteiger charge is -2.28. The van der Waals surface area contributed by atoms with E-state index in [1.54, 1.807) is 14.0 Å². The van der Waals surface area contributed by atoms with E-state index in [-0.39, 0.29) is 18.4 Å². The number of ether oxygens (including phenoxy) is 1. The number of hydrogen-bond donors (Lipinski definition) is 1. The predicted molar refractivity (Wildman–Crippen MR) is 117 cm³/mol. The van der Waals surface area contributed by atoms with Gasteiger partial charge in [-0.15, -0.1) is 0 Å². The predicted octanol–water partition coefficient (Wildman–Crippen LogP) is 4.37. The fraction of sp³-hybridized carbons (Fsp3) is 0.333. The van der Waals surface area contributed by atoms with Gasteiger partial charge in [0.2, 0.25) is 5.91 Å². The molecule has 150 valence electrons. The van der Waals surface area contributed by atoms with Gasteiger partial charge in [-0.2, -0.15) is 0 Å². The number of halogens is 2. The van der Waals surface area contributed by atoms with Gasteiger partial charge in [0.05, 0.1) is 0 Å². The molecule has 1 unspecified atom stereocenters. The van der Waals surface area contributed by atoms with E-state index in [0.717, 1.165) is 25.6 Å². The largest absolute Gasteiger partial charge is 0.484 e. The van der Waals surface area contributed by atoms with Crippen LogP contribution in [0.4, 0.5) is 0 Å². The summed E-state index contributed by atoms with van der Waals surface area (Å²) in [4.78, 5) is 26.6. The molecule has 2 amide bonds. The topological polar surface area (TPSA) is 58.6 Å². The van der Waals surface area contributed by atoms with Crippen molar-refractivity contribution < 1.29 is 14.3 Å². The van der Waals surface area contributed by atoms with Crippen LogP contribution in [-0.2, 0) is 16.1 Å². The van der Waals surface area contributed by atoms with Gasteiger partial charge in [0.15, 0.2) is 6.61 Å². The minimum absolute atomic E-state index is 0.141. The zero-order chi connectivity index (χ0) is 20.8. The van der Waals surface area contributed by atoms with Crippen LogP contribution in [0, 0.1) is 13.8 Å². The van der Waals surface area contributed by atoms with Crippen molar-refractivity contribution in [3.63, 3.8) is 0 Å². The molecule has 28 heavy (non-hydrogen) atoms. The van der Waals surface area contributed by atoms with E-state index in [4.69, 9.17) is 4.74 Å². The van der Waals surface area contributed by atoms with E-state index in [0.29, 0.717) is 12.3 Å². The molecule has 0 spiro atoms. The number of carbonyl (C=O) groups excluding carboxylic acids is 2. The summed E-state index contributed by atoms with van der Waals surface area (Å²) in [5, 5.41) is 2.60. The first-order valence-electron chi connectivity index (χ1n) is 8.88. The van der Waals surface area contributed by atoms with Crippen LogP contribution in [0.1, 0.15) is 23.6 Å². The monoisotopic (exact) mass is 510 g/mol. The van der Waals surface area contributed by atoms with Crippen molar-refractivity contribution in [3.05, 3.63) is 62.0 Å². The van der Waals surface area contributed by atoms with Crippen molar-refractivity contribution in [3.8, 4) is 5.75 Å². The van der Waals surface area contributed by atoms with Gasteiger partial charge in [0.25, 0.3) is 5.91 Å². The highest BCUT2D eigenvalue weighted by Gasteiger charge is 2.26. The molecule has 0 bridgehead atoms. The summed E-state index contributed by atoms with van der Waals surface area (Å²) in [5.74, 6) is 0.153. The van der Waals surface area contributed by atoms with Crippen LogP contribution in [0.2, 0.25) is 0 Å². The van der Waals surface area contributed by atoms with Gasteiger partial charge in [-0.1, -0.05) is 44.0 Å². The molecule has 0 fully saturated rings. The fourth-order valence-electron chi connectivity index (χ4n) is 2.80. The summed E-state index contributed by atoms with van der Waals surface area (Å²) in [5.41, 5.74) is 3.00. The molecule has 2 aromatic rings. The SMILES string of the molecule is CNC(=O)C(C)N(Cc1ccc(Br)cc1)C(=O)COc1cc(C)c(Br)c(C)c1. The summed E-state index contributed by atoms with van der Waals surface area (Å²) in [6, 6.07) is 10.8. The first kappa shape index (κ1) is 22.4. The molecule has 0 saturated heterocycles. The molecule has 0 aliphatic heterocycles. The lowest BCUT2D eigenvalue weighted by Crippen LogP contribution is -2.48. The number of nitrogens with one attached hydrogen (secondary N) is 1. The molecule has 0 saturated carbocycles. The molecule has 0 aromatic heterocycles. The van der Waals surface area contributed by atoms with Crippen LogP contribution in [0.5, 0.6) is 5.75 Å². The summed E-state index contributed by atoms with van der Waals surface area (Å²) in [7, 11) is 1.56. The number of hydrogen-bond acceptors (Lipinski definition) is 3. The molecule has 0 aliphatic rings. The molecular weight excluding hydrogens is 488 g/mol. The number of amides is 2. The quantitative estimate of drug-likeness (QED) is 0.600. The van der Waals surface area contributed by atoms with Gasteiger partial charge in [0, 0.05) is 22.5 Å². The second kappa shape index (κ2) is 10.1. The summed E-state index contributed by atoms with van der Waals surface area (Å²) in [6.07, 6.45) is 0. The molecule has 2 rings (SSSR count). The van der Waals surface area contributed by atoms with Crippen LogP contribution in [0.3, 0.4) is 0 Å². The zero-order valence-corrected chi connectivity index (χ0v) is 19.6. The number of benzene rings is 2. The van der Waals surface area contributed by atoms with Gasteiger partial charge in [0.1, 0.15) is 11.8 Å². The highest BCUT2D eigenvalue weighted by atomic mass is 79.9. The summed E-state index contributed by atoms with van der Waals surface area (Å²) < 4.78 is 7.72. The minimum atomic E-state index is -0.613. The molecule has 0 radical (unpaired) electrons. The third-order valence-corrected chi connectivity index (χ3v) is 6.23. The zero-order valence-electron chi connectivity index (χ0n) is 16.4. The van der Waals surface area contributed by atoms with Crippen molar-refractivity contribution in [2.45, 2.75) is 33.4 Å². The van der Waals surface area contributed by atoms with Crippen molar-refractivity contribution in [1.82, 2.24) is 10.2 Å². The van der Waals surface area contributed by atoms with Crippen molar-refractivity contribution in [2.75, 3.05) is 13.7 Å².